The third kappa shape index (κ3) is 2.27. The lowest BCUT2D eigenvalue weighted by molar-refractivity contribution is -0.142. The molecule has 0 unspecified atom stereocenters. The number of nitrogens with zero attached hydrogens (tertiary/aromatic N) is 2. The normalized spacial score (nSPS) is 16.2. The minimum Gasteiger partial charge on any atom is -0.495 e. The van der Waals surface area contributed by atoms with Crippen LogP contribution in [0, 0.1) is 0 Å². The number of ether oxygens (including phenoxy) is 1. The first-order valence-corrected chi connectivity index (χ1v) is 5.90. The van der Waals surface area contributed by atoms with E-state index < -0.39 is 0 Å². The minimum atomic E-state index is -0.265. The first kappa shape index (κ1) is 13.1. The molecule has 0 N–H and O–H groups in total. The molecule has 0 bridgehead atoms. The number of anilines is 1. The smallest absolute Gasteiger partial charge is 0.262 e. The van der Waals surface area contributed by atoms with E-state index in [0.717, 1.165) is 0 Å². The van der Waals surface area contributed by atoms with Crippen molar-refractivity contribution in [2.45, 2.75) is 0 Å². The fourth-order valence-corrected chi connectivity index (χ4v) is 2.01. The SMILES string of the molecule is COc1ccc(Cl)cc1N1C(=O)CON(C)C1=S. The van der Waals surface area contributed by atoms with Crippen LogP contribution in [0.1, 0.15) is 0 Å². The minimum absolute atomic E-state index is 0.0771. The Morgan fingerprint density at radius 2 is 2.22 bits per heavy atom. The van der Waals surface area contributed by atoms with E-state index >= 15 is 0 Å². The molecule has 1 aliphatic rings. The fraction of sp³-hybridized carbons (Fsp3) is 0.273. The lowest BCUT2D eigenvalue weighted by atomic mass is 10.2. The van der Waals surface area contributed by atoms with E-state index in [1.165, 1.54) is 17.1 Å². The highest BCUT2D eigenvalue weighted by atomic mass is 35.5. The highest BCUT2D eigenvalue weighted by molar-refractivity contribution is 7.80. The van der Waals surface area contributed by atoms with E-state index in [1.807, 2.05) is 0 Å². The van der Waals surface area contributed by atoms with Crippen molar-refractivity contribution in [2.24, 2.45) is 0 Å². The predicted molar refractivity (Wildman–Crippen MR) is 71.8 cm³/mol. The lowest BCUT2D eigenvalue weighted by Gasteiger charge is -2.34. The van der Waals surface area contributed by atoms with Crippen molar-refractivity contribution in [3.05, 3.63) is 23.2 Å². The second-order valence-corrected chi connectivity index (χ2v) is 4.40. The summed E-state index contributed by atoms with van der Waals surface area (Å²) >= 11 is 11.1. The van der Waals surface area contributed by atoms with Crippen molar-refractivity contribution < 1.29 is 14.4 Å². The quantitative estimate of drug-likeness (QED) is 0.776. The van der Waals surface area contributed by atoms with Gasteiger partial charge in [0.25, 0.3) is 5.91 Å². The lowest BCUT2D eigenvalue weighted by Crippen LogP contribution is -2.52. The molecule has 5 nitrogen and oxygen atoms in total. The van der Waals surface area contributed by atoms with Gasteiger partial charge in [-0.1, -0.05) is 11.6 Å². The summed E-state index contributed by atoms with van der Waals surface area (Å²) in [4.78, 5) is 18.4. The predicted octanol–water partition coefficient (Wildman–Crippen LogP) is 1.84. The van der Waals surface area contributed by atoms with Crippen LogP contribution in [-0.4, -0.2) is 36.8 Å². The fourth-order valence-electron chi connectivity index (χ4n) is 1.59. The molecule has 7 heteroatoms. The largest absolute Gasteiger partial charge is 0.495 e. The molecule has 0 spiro atoms. The number of halogens is 1. The number of hydrogen-bond donors (Lipinski definition) is 0. The molecule has 0 saturated carbocycles. The average molecular weight is 287 g/mol. The van der Waals surface area contributed by atoms with Crippen LogP contribution in [0.3, 0.4) is 0 Å². The Labute approximate surface area is 115 Å². The summed E-state index contributed by atoms with van der Waals surface area (Å²) < 4.78 is 5.21. The number of amides is 1. The van der Waals surface area contributed by atoms with Gasteiger partial charge in [-0.2, -0.15) is 0 Å². The zero-order valence-electron chi connectivity index (χ0n) is 9.84. The number of rotatable bonds is 2. The van der Waals surface area contributed by atoms with Gasteiger partial charge < -0.3 is 4.74 Å². The van der Waals surface area contributed by atoms with Gasteiger partial charge in [0.15, 0.2) is 6.61 Å². The molecule has 1 fully saturated rings. The molecular formula is C11H11ClN2O3S. The molecule has 1 saturated heterocycles. The molecule has 18 heavy (non-hydrogen) atoms. The highest BCUT2D eigenvalue weighted by Gasteiger charge is 2.31. The molecule has 0 radical (unpaired) electrons. The summed E-state index contributed by atoms with van der Waals surface area (Å²) in [5.74, 6) is 0.254. The van der Waals surface area contributed by atoms with Crippen LogP contribution in [0.4, 0.5) is 5.69 Å². The van der Waals surface area contributed by atoms with Gasteiger partial charge in [-0.3, -0.25) is 9.63 Å². The molecule has 1 heterocycles. The number of thiocarbonyl (C=S) groups is 1. The topological polar surface area (TPSA) is 42.0 Å². The summed E-state index contributed by atoms with van der Waals surface area (Å²) in [5.41, 5.74) is 0.509. The van der Waals surface area contributed by atoms with Gasteiger partial charge in [0.1, 0.15) is 5.75 Å². The first-order valence-electron chi connectivity index (χ1n) is 5.11. The number of hydrogen-bond acceptors (Lipinski definition) is 4. The maximum absolute atomic E-state index is 11.9. The number of carbonyl (C=O) groups is 1. The molecule has 1 aromatic carbocycles. The van der Waals surface area contributed by atoms with Crippen LogP contribution in [0.5, 0.6) is 5.75 Å². The van der Waals surface area contributed by atoms with Gasteiger partial charge in [0.05, 0.1) is 12.8 Å². The van der Waals surface area contributed by atoms with Crippen LogP contribution in [0.2, 0.25) is 5.02 Å². The second kappa shape index (κ2) is 5.09. The van der Waals surface area contributed by atoms with Gasteiger partial charge in [-0.25, -0.2) is 9.96 Å². The van der Waals surface area contributed by atoms with E-state index in [4.69, 9.17) is 33.4 Å². The molecule has 1 aromatic rings. The number of benzene rings is 1. The van der Waals surface area contributed by atoms with E-state index in [9.17, 15) is 4.79 Å². The highest BCUT2D eigenvalue weighted by Crippen LogP contribution is 2.33. The number of hydroxylamine groups is 2. The maximum Gasteiger partial charge on any atom is 0.262 e. The van der Waals surface area contributed by atoms with Crippen molar-refractivity contribution in [2.75, 3.05) is 25.7 Å². The van der Waals surface area contributed by atoms with Gasteiger partial charge in [-0.15, -0.1) is 0 Å². The summed E-state index contributed by atoms with van der Waals surface area (Å²) in [6, 6.07) is 4.99. The summed E-state index contributed by atoms with van der Waals surface area (Å²) in [6.45, 7) is -0.0771. The Hall–Kier alpha value is -1.37. The Bertz CT molecular complexity index is 509. The second-order valence-electron chi connectivity index (χ2n) is 3.60. The van der Waals surface area contributed by atoms with Crippen LogP contribution < -0.4 is 9.64 Å². The zero-order chi connectivity index (χ0) is 13.3. The van der Waals surface area contributed by atoms with Crippen molar-refractivity contribution in [3.63, 3.8) is 0 Å². The monoisotopic (exact) mass is 286 g/mol. The van der Waals surface area contributed by atoms with Crippen molar-refractivity contribution >= 4 is 40.5 Å². The van der Waals surface area contributed by atoms with Crippen LogP contribution in [0.25, 0.3) is 0 Å². The Kier molecular flexibility index (Phi) is 3.70. The first-order chi connectivity index (χ1) is 8.54. The molecule has 1 aliphatic heterocycles. The Morgan fingerprint density at radius 1 is 1.50 bits per heavy atom. The Balaban J connectivity index is 2.48. The molecule has 0 aromatic heterocycles. The molecule has 1 amide bonds. The van der Waals surface area contributed by atoms with Crippen LogP contribution >= 0.6 is 23.8 Å². The van der Waals surface area contributed by atoms with E-state index in [1.54, 1.807) is 25.2 Å². The molecular weight excluding hydrogens is 276 g/mol. The van der Waals surface area contributed by atoms with Crippen LogP contribution in [-0.2, 0) is 9.63 Å². The average Bonchev–Trinajstić information content (AvgIpc) is 2.35. The third-order valence-corrected chi connectivity index (χ3v) is 3.15. The van der Waals surface area contributed by atoms with E-state index in [-0.39, 0.29) is 17.6 Å². The summed E-state index contributed by atoms with van der Waals surface area (Å²) in [7, 11) is 3.16. The van der Waals surface area contributed by atoms with Gasteiger partial charge >= 0.3 is 0 Å². The number of carbonyl (C=O) groups excluding carboxylic acids is 1. The standard InChI is InChI=1S/C11H11ClN2O3S/c1-13-11(18)14(10(15)6-17-13)8-5-7(12)3-4-9(8)16-2/h3-5H,6H2,1-2H3. The van der Waals surface area contributed by atoms with E-state index in [0.29, 0.717) is 16.5 Å². The summed E-state index contributed by atoms with van der Waals surface area (Å²) in [6.07, 6.45) is 0. The number of methoxy groups -OCH3 is 1. The van der Waals surface area contributed by atoms with Gasteiger partial charge in [-0.05, 0) is 30.4 Å². The van der Waals surface area contributed by atoms with Gasteiger partial charge in [0.2, 0.25) is 5.11 Å². The Morgan fingerprint density at radius 3 is 2.89 bits per heavy atom. The van der Waals surface area contributed by atoms with Gasteiger partial charge in [0, 0.05) is 12.1 Å². The van der Waals surface area contributed by atoms with E-state index in [2.05, 4.69) is 0 Å². The summed E-state index contributed by atoms with van der Waals surface area (Å²) in [5, 5.41) is 2.10. The van der Waals surface area contributed by atoms with Crippen molar-refractivity contribution in [1.82, 2.24) is 5.06 Å². The molecule has 0 aliphatic carbocycles. The molecule has 2 rings (SSSR count). The van der Waals surface area contributed by atoms with Crippen molar-refractivity contribution in [3.8, 4) is 5.75 Å². The van der Waals surface area contributed by atoms with Crippen molar-refractivity contribution in [1.29, 1.82) is 0 Å². The molecule has 96 valence electrons. The zero-order valence-corrected chi connectivity index (χ0v) is 11.4. The maximum atomic E-state index is 11.9. The third-order valence-electron chi connectivity index (χ3n) is 2.47. The molecule has 0 atom stereocenters. The van der Waals surface area contributed by atoms with Crippen LogP contribution in [0.15, 0.2) is 18.2 Å².